The van der Waals surface area contributed by atoms with E-state index in [9.17, 15) is 0 Å². The van der Waals surface area contributed by atoms with Crippen molar-refractivity contribution in [3.05, 3.63) is 63.9 Å². The van der Waals surface area contributed by atoms with Gasteiger partial charge in [0, 0.05) is 15.2 Å². The molecule has 0 aliphatic heterocycles. The molecule has 5 nitrogen and oxygen atoms in total. The predicted octanol–water partition coefficient (Wildman–Crippen LogP) is 5.32. The minimum absolute atomic E-state index is 0.287. The molecule has 0 bridgehead atoms. The van der Waals surface area contributed by atoms with Crippen LogP contribution in [0.4, 0.5) is 17.2 Å². The van der Waals surface area contributed by atoms with E-state index < -0.39 is 0 Å². The van der Waals surface area contributed by atoms with E-state index in [2.05, 4.69) is 31.2 Å². The van der Waals surface area contributed by atoms with Gasteiger partial charge in [0.25, 0.3) is 0 Å². The van der Waals surface area contributed by atoms with Crippen molar-refractivity contribution in [3.8, 4) is 11.6 Å². The zero-order valence-corrected chi connectivity index (χ0v) is 15.1. The van der Waals surface area contributed by atoms with Crippen molar-refractivity contribution >= 4 is 44.7 Å². The molecule has 0 amide bonds. The number of hydrogen-bond acceptors (Lipinski definition) is 5. The van der Waals surface area contributed by atoms with Crippen molar-refractivity contribution in [2.75, 3.05) is 11.1 Å². The molecule has 0 aliphatic carbocycles. The highest BCUT2D eigenvalue weighted by molar-refractivity contribution is 9.10. The second kappa shape index (κ2) is 7.07. The Kier molecular flexibility index (Phi) is 4.87. The molecule has 1 aromatic heterocycles. The van der Waals surface area contributed by atoms with E-state index in [4.69, 9.17) is 22.1 Å². The molecule has 2 aromatic carbocycles. The van der Waals surface area contributed by atoms with Crippen LogP contribution in [0.3, 0.4) is 0 Å². The van der Waals surface area contributed by atoms with Crippen LogP contribution in [-0.4, -0.2) is 9.97 Å². The lowest BCUT2D eigenvalue weighted by Crippen LogP contribution is -2.04. The Morgan fingerprint density at radius 1 is 1.12 bits per heavy atom. The molecule has 24 heavy (non-hydrogen) atoms. The number of nitrogen functional groups attached to an aromatic ring is 1. The topological polar surface area (TPSA) is 73.1 Å². The molecule has 0 unspecified atom stereocenters. The van der Waals surface area contributed by atoms with E-state index in [0.29, 0.717) is 22.3 Å². The fraction of sp³-hybridized carbons (Fsp3) is 0.0588. The minimum atomic E-state index is 0.287. The maximum absolute atomic E-state index is 6.14. The van der Waals surface area contributed by atoms with E-state index in [1.54, 1.807) is 0 Å². The zero-order chi connectivity index (χ0) is 17.1. The second-order valence-electron chi connectivity index (χ2n) is 5.03. The summed E-state index contributed by atoms with van der Waals surface area (Å²) in [7, 11) is 0. The van der Waals surface area contributed by atoms with Crippen LogP contribution in [0.5, 0.6) is 11.6 Å². The minimum Gasteiger partial charge on any atom is -0.437 e. The highest BCUT2D eigenvalue weighted by Gasteiger charge is 2.12. The van der Waals surface area contributed by atoms with E-state index in [0.717, 1.165) is 15.7 Å². The van der Waals surface area contributed by atoms with Crippen molar-refractivity contribution in [1.82, 2.24) is 9.97 Å². The number of benzene rings is 2. The lowest BCUT2D eigenvalue weighted by atomic mass is 10.2. The van der Waals surface area contributed by atoms with Crippen molar-refractivity contribution in [1.29, 1.82) is 0 Å². The van der Waals surface area contributed by atoms with Gasteiger partial charge in [-0.05, 0) is 48.9 Å². The van der Waals surface area contributed by atoms with Gasteiger partial charge in [-0.3, -0.25) is 0 Å². The van der Waals surface area contributed by atoms with E-state index in [1.807, 2.05) is 49.4 Å². The van der Waals surface area contributed by atoms with Crippen molar-refractivity contribution in [2.24, 2.45) is 0 Å². The molecule has 3 N–H and O–H groups in total. The van der Waals surface area contributed by atoms with E-state index >= 15 is 0 Å². The number of nitrogens with one attached hydrogen (secondary N) is 1. The Morgan fingerprint density at radius 3 is 2.62 bits per heavy atom. The highest BCUT2D eigenvalue weighted by Crippen LogP contribution is 2.33. The van der Waals surface area contributed by atoms with Crippen molar-refractivity contribution < 1.29 is 4.74 Å². The molecule has 3 aromatic rings. The van der Waals surface area contributed by atoms with Crippen LogP contribution in [0.2, 0.25) is 5.02 Å². The number of ether oxygens (including phenoxy) is 1. The first-order valence-electron chi connectivity index (χ1n) is 7.10. The summed E-state index contributed by atoms with van der Waals surface area (Å²) in [4.78, 5) is 8.29. The first-order chi connectivity index (χ1) is 11.5. The fourth-order valence-corrected chi connectivity index (χ4v) is 2.48. The number of anilines is 3. The third-order valence-corrected chi connectivity index (χ3v) is 4.33. The van der Waals surface area contributed by atoms with Crippen LogP contribution in [-0.2, 0) is 0 Å². The predicted molar refractivity (Wildman–Crippen MR) is 100 cm³/mol. The van der Waals surface area contributed by atoms with Crippen LogP contribution < -0.4 is 15.8 Å². The third kappa shape index (κ3) is 3.60. The molecule has 0 saturated heterocycles. The van der Waals surface area contributed by atoms with Gasteiger partial charge in [-0.25, -0.2) is 4.98 Å². The second-order valence-corrected chi connectivity index (χ2v) is 6.36. The summed E-state index contributed by atoms with van der Waals surface area (Å²) < 4.78 is 6.70. The Labute approximate surface area is 153 Å². The van der Waals surface area contributed by atoms with E-state index in [-0.39, 0.29) is 5.88 Å². The molecular weight excluding hydrogens is 392 g/mol. The van der Waals surface area contributed by atoms with Gasteiger partial charge in [-0.15, -0.1) is 0 Å². The Hall–Kier alpha value is -2.31. The quantitative estimate of drug-likeness (QED) is 0.614. The molecule has 3 rings (SSSR count). The Morgan fingerprint density at radius 2 is 1.88 bits per heavy atom. The molecule has 7 heteroatoms. The standard InChI is InChI=1S/C17H14BrClN4O/c1-10-13(19)3-2-4-14(10)23-16-15(20)17(22-9-21-16)24-12-7-5-11(18)6-8-12/h2-9H,20H2,1H3,(H,21,22,23). The molecule has 0 saturated carbocycles. The fourth-order valence-electron chi connectivity index (χ4n) is 2.05. The van der Waals surface area contributed by atoms with Crippen molar-refractivity contribution in [3.63, 3.8) is 0 Å². The lowest BCUT2D eigenvalue weighted by molar-refractivity contribution is 0.464. The molecule has 0 aliphatic rings. The number of rotatable bonds is 4. The Balaban J connectivity index is 1.88. The van der Waals surface area contributed by atoms with Gasteiger partial charge in [-0.2, -0.15) is 4.98 Å². The highest BCUT2D eigenvalue weighted by atomic mass is 79.9. The largest absolute Gasteiger partial charge is 0.437 e. The maximum Gasteiger partial charge on any atom is 0.248 e. The van der Waals surface area contributed by atoms with Crippen LogP contribution >= 0.6 is 27.5 Å². The van der Waals surface area contributed by atoms with Crippen LogP contribution in [0.1, 0.15) is 5.56 Å². The molecule has 0 fully saturated rings. The third-order valence-electron chi connectivity index (χ3n) is 3.40. The number of nitrogens with zero attached hydrogens (tertiary/aromatic N) is 2. The van der Waals surface area contributed by atoms with Crippen molar-refractivity contribution in [2.45, 2.75) is 6.92 Å². The van der Waals surface area contributed by atoms with Gasteiger partial charge in [0.1, 0.15) is 17.8 Å². The summed E-state index contributed by atoms with van der Waals surface area (Å²) in [5, 5.41) is 3.83. The van der Waals surface area contributed by atoms with Gasteiger partial charge >= 0.3 is 0 Å². The summed E-state index contributed by atoms with van der Waals surface area (Å²) in [5.41, 5.74) is 8.19. The van der Waals surface area contributed by atoms with Crippen LogP contribution in [0.15, 0.2) is 53.3 Å². The SMILES string of the molecule is Cc1c(Cl)cccc1Nc1ncnc(Oc2ccc(Br)cc2)c1N. The van der Waals surface area contributed by atoms with Gasteiger partial charge in [-0.1, -0.05) is 33.6 Å². The van der Waals surface area contributed by atoms with Gasteiger partial charge in [0.15, 0.2) is 5.82 Å². The number of halogens is 2. The summed E-state index contributed by atoms with van der Waals surface area (Å²) in [6.07, 6.45) is 1.40. The molecular formula is C17H14BrClN4O. The Bertz CT molecular complexity index is 871. The van der Waals surface area contributed by atoms with Crippen LogP contribution in [0.25, 0.3) is 0 Å². The molecule has 0 atom stereocenters. The molecule has 0 spiro atoms. The lowest BCUT2D eigenvalue weighted by Gasteiger charge is -2.13. The summed E-state index contributed by atoms with van der Waals surface area (Å²) in [6.45, 7) is 1.92. The van der Waals surface area contributed by atoms with Crippen LogP contribution in [0, 0.1) is 6.92 Å². The average Bonchev–Trinajstić information content (AvgIpc) is 2.57. The number of hydrogen-bond donors (Lipinski definition) is 2. The molecule has 1 heterocycles. The smallest absolute Gasteiger partial charge is 0.248 e. The number of nitrogens with two attached hydrogens (primary N) is 1. The van der Waals surface area contributed by atoms with Gasteiger partial charge < -0.3 is 15.8 Å². The summed E-state index contributed by atoms with van der Waals surface area (Å²) in [6, 6.07) is 13.0. The molecule has 122 valence electrons. The summed E-state index contributed by atoms with van der Waals surface area (Å²) in [5.74, 6) is 1.38. The zero-order valence-electron chi connectivity index (χ0n) is 12.8. The summed E-state index contributed by atoms with van der Waals surface area (Å²) >= 11 is 9.52. The van der Waals surface area contributed by atoms with Gasteiger partial charge in [0.2, 0.25) is 5.88 Å². The average molecular weight is 406 g/mol. The monoisotopic (exact) mass is 404 g/mol. The number of aromatic nitrogens is 2. The van der Waals surface area contributed by atoms with E-state index in [1.165, 1.54) is 6.33 Å². The first-order valence-corrected chi connectivity index (χ1v) is 8.27. The normalized spacial score (nSPS) is 10.5. The first kappa shape index (κ1) is 16.5. The van der Waals surface area contributed by atoms with Gasteiger partial charge in [0.05, 0.1) is 0 Å². The molecule has 0 radical (unpaired) electrons. The maximum atomic E-state index is 6.14.